The molecule has 14 heavy (non-hydrogen) atoms. The fourth-order valence-electron chi connectivity index (χ4n) is 1.06. The van der Waals surface area contributed by atoms with Crippen LogP contribution in [0.3, 0.4) is 0 Å². The second kappa shape index (κ2) is 4.16. The van der Waals surface area contributed by atoms with Crippen LogP contribution in [0.2, 0.25) is 0 Å². The third kappa shape index (κ3) is 2.17. The maximum Gasteiger partial charge on any atom is 0.267 e. The van der Waals surface area contributed by atoms with Gasteiger partial charge in [-0.2, -0.15) is 0 Å². The molecule has 0 saturated carbocycles. The number of hydrogen-bond donors (Lipinski definition) is 1. The van der Waals surface area contributed by atoms with Gasteiger partial charge >= 0.3 is 0 Å². The third-order valence-corrected chi connectivity index (χ3v) is 2.30. The fraction of sp³-hybridized carbons (Fsp3) is 0.250. The Kier molecular flexibility index (Phi) is 3.35. The van der Waals surface area contributed by atoms with Gasteiger partial charge in [0, 0.05) is 5.56 Å². The van der Waals surface area contributed by atoms with Gasteiger partial charge in [-0.3, -0.25) is 4.79 Å². The Morgan fingerprint density at radius 2 is 2.21 bits per heavy atom. The molecule has 3 nitrogen and oxygen atoms in total. The first-order valence-corrected chi connectivity index (χ1v) is 4.76. The smallest absolute Gasteiger partial charge is 0.267 e. The zero-order valence-electron chi connectivity index (χ0n) is 7.22. The Hall–Kier alpha value is -0.790. The molecule has 0 aliphatic carbocycles. The maximum absolute atomic E-state index is 12.5. The Morgan fingerprint density at radius 3 is 2.64 bits per heavy atom. The van der Waals surface area contributed by atoms with Crippen LogP contribution in [0.15, 0.2) is 6.07 Å². The molecule has 1 aromatic heterocycles. The Morgan fingerprint density at radius 1 is 1.64 bits per heavy atom. The molecule has 1 amide bonds. The van der Waals surface area contributed by atoms with E-state index in [-0.39, 0.29) is 16.8 Å². The highest BCUT2D eigenvalue weighted by Crippen LogP contribution is 2.25. The fourth-order valence-corrected chi connectivity index (χ4v) is 1.64. The van der Waals surface area contributed by atoms with E-state index in [1.165, 1.54) is 13.0 Å². The van der Waals surface area contributed by atoms with Gasteiger partial charge in [0.1, 0.15) is 9.39 Å². The molecular weight excluding hydrogens is 305 g/mol. The molecule has 76 valence electrons. The van der Waals surface area contributed by atoms with Gasteiger partial charge in [0.2, 0.25) is 0 Å². The van der Waals surface area contributed by atoms with E-state index in [9.17, 15) is 13.6 Å². The summed E-state index contributed by atoms with van der Waals surface area (Å²) in [5.41, 5.74) is 4.86. The lowest BCUT2D eigenvalue weighted by atomic mass is 10.1. The van der Waals surface area contributed by atoms with Crippen LogP contribution >= 0.6 is 22.6 Å². The number of pyridine rings is 1. The van der Waals surface area contributed by atoms with Crippen molar-refractivity contribution in [1.82, 2.24) is 4.98 Å². The summed E-state index contributed by atoms with van der Waals surface area (Å²) in [5.74, 6) is -0.789. The van der Waals surface area contributed by atoms with Gasteiger partial charge in [0.05, 0.1) is 0 Å². The first-order chi connectivity index (χ1) is 6.43. The molecule has 1 rings (SSSR count). The second-order valence-electron chi connectivity index (χ2n) is 2.67. The number of carbonyl (C=O) groups is 1. The van der Waals surface area contributed by atoms with Crippen LogP contribution in [0.5, 0.6) is 0 Å². The van der Waals surface area contributed by atoms with Crippen molar-refractivity contribution in [2.24, 2.45) is 5.73 Å². The number of nitrogens with zero attached hydrogens (tertiary/aromatic N) is 1. The predicted molar refractivity (Wildman–Crippen MR) is 55.2 cm³/mol. The van der Waals surface area contributed by atoms with Crippen molar-refractivity contribution in [3.05, 3.63) is 26.6 Å². The van der Waals surface area contributed by atoms with Crippen molar-refractivity contribution in [1.29, 1.82) is 0 Å². The van der Waals surface area contributed by atoms with Crippen LogP contribution in [0.25, 0.3) is 0 Å². The van der Waals surface area contributed by atoms with E-state index in [0.29, 0.717) is 3.70 Å². The van der Waals surface area contributed by atoms with Crippen LogP contribution in [-0.2, 0) is 0 Å². The van der Waals surface area contributed by atoms with Crippen molar-refractivity contribution in [3.63, 3.8) is 0 Å². The molecular formula is C8H7F2IN2O. The molecule has 0 aromatic carbocycles. The number of amides is 1. The molecule has 0 unspecified atom stereocenters. The quantitative estimate of drug-likeness (QED) is 0.671. The molecule has 0 aliphatic heterocycles. The molecule has 2 N–H and O–H groups in total. The van der Waals surface area contributed by atoms with Crippen LogP contribution in [0, 0.1) is 10.6 Å². The molecule has 1 heterocycles. The molecule has 0 radical (unpaired) electrons. The minimum Gasteiger partial charge on any atom is -0.364 e. The molecule has 1 aromatic rings. The Balaban J connectivity index is 3.40. The van der Waals surface area contributed by atoms with Crippen LogP contribution in [0.1, 0.15) is 28.0 Å². The van der Waals surface area contributed by atoms with Crippen molar-refractivity contribution in [3.8, 4) is 0 Å². The second-order valence-corrected chi connectivity index (χ2v) is 3.78. The first kappa shape index (κ1) is 11.3. The summed E-state index contributed by atoms with van der Waals surface area (Å²) >= 11 is 1.76. The summed E-state index contributed by atoms with van der Waals surface area (Å²) in [4.78, 5) is 14.7. The summed E-state index contributed by atoms with van der Waals surface area (Å²) in [7, 11) is 0. The summed E-state index contributed by atoms with van der Waals surface area (Å²) in [6.07, 6.45) is -2.62. The molecule has 0 spiro atoms. The average Bonchev–Trinajstić information content (AvgIpc) is 2.07. The molecule has 0 bridgehead atoms. The van der Waals surface area contributed by atoms with Gasteiger partial charge in [-0.25, -0.2) is 13.8 Å². The van der Waals surface area contributed by atoms with Crippen molar-refractivity contribution < 1.29 is 13.6 Å². The van der Waals surface area contributed by atoms with E-state index in [1.54, 1.807) is 22.6 Å². The number of primary amides is 1. The number of nitrogens with two attached hydrogens (primary N) is 1. The van der Waals surface area contributed by atoms with Gasteiger partial charge in [0.15, 0.2) is 0 Å². The average molecular weight is 312 g/mol. The maximum atomic E-state index is 12.5. The number of alkyl halides is 2. The highest BCUT2D eigenvalue weighted by atomic mass is 127. The molecule has 0 atom stereocenters. The van der Waals surface area contributed by atoms with Crippen molar-refractivity contribution >= 4 is 28.5 Å². The number of carbonyl (C=O) groups excluding carboxylic acids is 1. The number of halogens is 3. The SMILES string of the molecule is Cc1c(C(F)F)cc(I)nc1C(N)=O. The Labute approximate surface area is 92.8 Å². The van der Waals surface area contributed by atoms with E-state index < -0.39 is 12.3 Å². The van der Waals surface area contributed by atoms with Crippen LogP contribution in [0.4, 0.5) is 8.78 Å². The standard InChI is InChI=1S/C8H7F2IN2O/c1-3-4(7(9)10)2-5(11)13-6(3)8(12)14/h2,7H,1H3,(H2,12,14). The van der Waals surface area contributed by atoms with Crippen LogP contribution < -0.4 is 5.73 Å². The highest BCUT2D eigenvalue weighted by Gasteiger charge is 2.18. The topological polar surface area (TPSA) is 56.0 Å². The number of hydrogen-bond acceptors (Lipinski definition) is 2. The Bertz CT molecular complexity index is 382. The van der Waals surface area contributed by atoms with Crippen molar-refractivity contribution in [2.45, 2.75) is 13.3 Å². The first-order valence-electron chi connectivity index (χ1n) is 3.68. The normalized spacial score (nSPS) is 10.6. The number of aromatic nitrogens is 1. The minimum atomic E-state index is -2.62. The molecule has 0 fully saturated rings. The van der Waals surface area contributed by atoms with E-state index >= 15 is 0 Å². The predicted octanol–water partition coefficient (Wildman–Crippen LogP) is 2.03. The summed E-state index contributed by atoms with van der Waals surface area (Å²) in [5, 5.41) is 0. The van der Waals surface area contributed by atoms with E-state index in [1.807, 2.05) is 0 Å². The molecule has 0 aliphatic rings. The zero-order chi connectivity index (χ0) is 10.9. The minimum absolute atomic E-state index is 0.0906. The van der Waals surface area contributed by atoms with E-state index in [4.69, 9.17) is 5.73 Å². The summed E-state index contributed by atoms with van der Waals surface area (Å²) in [6, 6.07) is 1.24. The lowest BCUT2D eigenvalue weighted by Gasteiger charge is -2.08. The highest BCUT2D eigenvalue weighted by molar-refractivity contribution is 14.1. The summed E-state index contributed by atoms with van der Waals surface area (Å²) < 4.78 is 25.3. The van der Waals surface area contributed by atoms with Gasteiger partial charge < -0.3 is 5.73 Å². The van der Waals surface area contributed by atoms with Gasteiger partial charge in [0.25, 0.3) is 12.3 Å². The third-order valence-electron chi connectivity index (χ3n) is 1.75. The van der Waals surface area contributed by atoms with E-state index in [0.717, 1.165) is 0 Å². The van der Waals surface area contributed by atoms with Gasteiger partial charge in [-0.1, -0.05) is 0 Å². The molecule has 0 saturated heterocycles. The largest absolute Gasteiger partial charge is 0.364 e. The van der Waals surface area contributed by atoms with Crippen LogP contribution in [-0.4, -0.2) is 10.9 Å². The van der Waals surface area contributed by atoms with Gasteiger partial charge in [-0.05, 0) is 41.1 Å². The monoisotopic (exact) mass is 312 g/mol. The molecule has 6 heteroatoms. The van der Waals surface area contributed by atoms with E-state index in [2.05, 4.69) is 4.98 Å². The van der Waals surface area contributed by atoms with Gasteiger partial charge in [-0.15, -0.1) is 0 Å². The van der Waals surface area contributed by atoms with Crippen molar-refractivity contribution in [2.75, 3.05) is 0 Å². The number of rotatable bonds is 2. The zero-order valence-corrected chi connectivity index (χ0v) is 9.38. The lowest BCUT2D eigenvalue weighted by molar-refractivity contribution is 0.0994. The lowest BCUT2D eigenvalue weighted by Crippen LogP contribution is -2.16. The summed E-state index contributed by atoms with van der Waals surface area (Å²) in [6.45, 7) is 1.41.